The minimum atomic E-state index is -4.66. The average molecular weight is 351 g/mol. The number of hydrogen-bond acceptors (Lipinski definition) is 3. The lowest BCUT2D eigenvalue weighted by molar-refractivity contribution is -0.137. The first-order valence-corrected chi connectivity index (χ1v) is 7.21. The van der Waals surface area contributed by atoms with Gasteiger partial charge in [0.1, 0.15) is 6.10 Å². The fourth-order valence-electron chi connectivity index (χ4n) is 2.12. The van der Waals surface area contributed by atoms with Gasteiger partial charge in [0.25, 0.3) is 0 Å². The minimum absolute atomic E-state index is 0.0954. The van der Waals surface area contributed by atoms with E-state index < -0.39 is 41.9 Å². The van der Waals surface area contributed by atoms with E-state index >= 15 is 0 Å². The van der Waals surface area contributed by atoms with E-state index in [9.17, 15) is 22.8 Å². The molecule has 2 rings (SSSR count). The second kappa shape index (κ2) is 7.18. The lowest BCUT2D eigenvalue weighted by Gasteiger charge is -2.15. The van der Waals surface area contributed by atoms with Crippen molar-refractivity contribution in [3.8, 4) is 0 Å². The van der Waals surface area contributed by atoms with Crippen LogP contribution in [-0.4, -0.2) is 31.1 Å². The Balaban J connectivity index is 1.96. The predicted molar refractivity (Wildman–Crippen MR) is 77.1 cm³/mol. The van der Waals surface area contributed by atoms with Crippen molar-refractivity contribution in [2.45, 2.75) is 25.1 Å². The van der Waals surface area contributed by atoms with Crippen LogP contribution in [-0.2, 0) is 20.5 Å². The topological polar surface area (TPSA) is 67.4 Å². The van der Waals surface area contributed by atoms with E-state index in [-0.39, 0.29) is 5.02 Å². The average Bonchev–Trinajstić information content (AvgIpc) is 3.00. The standard InChI is InChI=1S/C14H14ClF3N2O3/c15-8-3-4-10(9(6-8)14(16,17)18)20-12(21)7-19-13(22)11-2-1-5-23-11/h3-4,6,11H,1-2,5,7H2,(H,19,22)(H,20,21). The molecule has 0 radical (unpaired) electrons. The fourth-order valence-corrected chi connectivity index (χ4v) is 2.29. The summed E-state index contributed by atoms with van der Waals surface area (Å²) in [4.78, 5) is 23.4. The largest absolute Gasteiger partial charge is 0.418 e. The molecule has 2 amide bonds. The lowest BCUT2D eigenvalue weighted by atomic mass is 10.1. The van der Waals surface area contributed by atoms with Crippen LogP contribution in [0.1, 0.15) is 18.4 Å². The lowest BCUT2D eigenvalue weighted by Crippen LogP contribution is -2.39. The molecule has 5 nitrogen and oxygen atoms in total. The maximum Gasteiger partial charge on any atom is 0.418 e. The van der Waals surface area contributed by atoms with Gasteiger partial charge in [0.15, 0.2) is 0 Å². The number of carbonyl (C=O) groups is 2. The van der Waals surface area contributed by atoms with Crippen LogP contribution >= 0.6 is 11.6 Å². The van der Waals surface area contributed by atoms with Gasteiger partial charge < -0.3 is 15.4 Å². The Hall–Kier alpha value is -1.80. The molecule has 1 aliphatic rings. The molecule has 1 aromatic rings. The molecule has 9 heteroatoms. The van der Waals surface area contributed by atoms with E-state index in [0.717, 1.165) is 18.6 Å². The summed E-state index contributed by atoms with van der Waals surface area (Å²) in [5.74, 6) is -1.23. The molecule has 0 bridgehead atoms. The number of hydrogen-bond donors (Lipinski definition) is 2. The SMILES string of the molecule is O=C(CNC(=O)C1CCCO1)Nc1ccc(Cl)cc1C(F)(F)F. The number of ether oxygens (including phenoxy) is 1. The molecule has 1 saturated heterocycles. The van der Waals surface area contributed by atoms with Gasteiger partial charge in [-0.1, -0.05) is 11.6 Å². The molecule has 1 aliphatic heterocycles. The van der Waals surface area contributed by atoms with E-state index in [2.05, 4.69) is 10.6 Å². The summed E-state index contributed by atoms with van der Waals surface area (Å²) in [6, 6.07) is 3.02. The highest BCUT2D eigenvalue weighted by Gasteiger charge is 2.34. The Morgan fingerprint density at radius 2 is 2.09 bits per heavy atom. The molecule has 126 valence electrons. The Morgan fingerprint density at radius 1 is 1.35 bits per heavy atom. The molecule has 1 atom stereocenters. The quantitative estimate of drug-likeness (QED) is 0.877. The van der Waals surface area contributed by atoms with E-state index in [0.29, 0.717) is 13.0 Å². The normalized spacial score (nSPS) is 17.8. The zero-order chi connectivity index (χ0) is 17.0. The smallest absolute Gasteiger partial charge is 0.368 e. The van der Waals surface area contributed by atoms with Gasteiger partial charge in [-0.05, 0) is 31.0 Å². The molecular weight excluding hydrogens is 337 g/mol. The van der Waals surface area contributed by atoms with Gasteiger partial charge in [-0.15, -0.1) is 0 Å². The second-order valence-corrected chi connectivity index (χ2v) is 5.39. The molecule has 0 aromatic heterocycles. The molecule has 1 aromatic carbocycles. The van der Waals surface area contributed by atoms with Gasteiger partial charge in [0.2, 0.25) is 11.8 Å². The number of anilines is 1. The van der Waals surface area contributed by atoms with Gasteiger partial charge in [-0.2, -0.15) is 13.2 Å². The first-order valence-electron chi connectivity index (χ1n) is 6.83. The fraction of sp³-hybridized carbons (Fsp3) is 0.429. The third-order valence-electron chi connectivity index (χ3n) is 3.21. The Morgan fingerprint density at radius 3 is 2.70 bits per heavy atom. The van der Waals surface area contributed by atoms with E-state index in [1.807, 2.05) is 0 Å². The molecule has 1 unspecified atom stereocenters. The minimum Gasteiger partial charge on any atom is -0.368 e. The van der Waals surface area contributed by atoms with E-state index in [4.69, 9.17) is 16.3 Å². The molecular formula is C14H14ClF3N2O3. The summed E-state index contributed by atoms with van der Waals surface area (Å²) in [5, 5.41) is 4.35. The van der Waals surface area contributed by atoms with Crippen LogP contribution in [0.25, 0.3) is 0 Å². The van der Waals surface area contributed by atoms with Crippen LogP contribution in [0.4, 0.5) is 18.9 Å². The zero-order valence-electron chi connectivity index (χ0n) is 11.9. The van der Waals surface area contributed by atoms with Crippen molar-refractivity contribution in [1.29, 1.82) is 0 Å². The first kappa shape index (κ1) is 17.6. The van der Waals surface area contributed by atoms with Crippen LogP contribution < -0.4 is 10.6 Å². The summed E-state index contributed by atoms with van der Waals surface area (Å²) < 4.78 is 43.8. The first-order chi connectivity index (χ1) is 10.8. The number of carbonyl (C=O) groups excluding carboxylic acids is 2. The number of benzene rings is 1. The van der Waals surface area contributed by atoms with Gasteiger partial charge in [0, 0.05) is 11.6 Å². The third kappa shape index (κ3) is 4.84. The van der Waals surface area contributed by atoms with Crippen LogP contribution in [0.5, 0.6) is 0 Å². The Bertz CT molecular complexity index is 601. The van der Waals surface area contributed by atoms with Crippen LogP contribution in [0.2, 0.25) is 5.02 Å². The number of amides is 2. The number of alkyl halides is 3. The van der Waals surface area contributed by atoms with E-state index in [1.165, 1.54) is 6.07 Å². The Kier molecular flexibility index (Phi) is 5.48. The van der Waals surface area contributed by atoms with Crippen LogP contribution in [0, 0.1) is 0 Å². The van der Waals surface area contributed by atoms with Gasteiger partial charge in [-0.25, -0.2) is 0 Å². The molecule has 1 fully saturated rings. The zero-order valence-corrected chi connectivity index (χ0v) is 12.6. The maximum atomic E-state index is 12.9. The summed E-state index contributed by atoms with van der Waals surface area (Å²) >= 11 is 5.55. The molecule has 0 saturated carbocycles. The molecule has 23 heavy (non-hydrogen) atoms. The number of nitrogens with one attached hydrogen (secondary N) is 2. The molecule has 0 spiro atoms. The van der Waals surface area contributed by atoms with Crippen molar-refractivity contribution in [3.05, 3.63) is 28.8 Å². The highest BCUT2D eigenvalue weighted by atomic mass is 35.5. The van der Waals surface area contributed by atoms with E-state index in [1.54, 1.807) is 0 Å². The highest BCUT2D eigenvalue weighted by Crippen LogP contribution is 2.36. The van der Waals surface area contributed by atoms with Crippen molar-refractivity contribution < 1.29 is 27.5 Å². The number of rotatable bonds is 4. The van der Waals surface area contributed by atoms with Gasteiger partial charge in [-0.3, -0.25) is 9.59 Å². The van der Waals surface area contributed by atoms with Crippen molar-refractivity contribution in [3.63, 3.8) is 0 Å². The summed E-state index contributed by atoms with van der Waals surface area (Å²) in [7, 11) is 0. The van der Waals surface area contributed by atoms with Gasteiger partial charge in [0.05, 0.1) is 17.8 Å². The summed E-state index contributed by atoms with van der Waals surface area (Å²) in [6.07, 6.45) is -3.95. The van der Waals surface area contributed by atoms with Crippen LogP contribution in [0.3, 0.4) is 0 Å². The van der Waals surface area contributed by atoms with Crippen molar-refractivity contribution >= 4 is 29.1 Å². The highest BCUT2D eigenvalue weighted by molar-refractivity contribution is 6.30. The van der Waals surface area contributed by atoms with Crippen LogP contribution in [0.15, 0.2) is 18.2 Å². The molecule has 2 N–H and O–H groups in total. The molecule has 0 aliphatic carbocycles. The summed E-state index contributed by atoms with van der Waals surface area (Å²) in [5.41, 5.74) is -1.47. The maximum absolute atomic E-state index is 12.9. The van der Waals surface area contributed by atoms with Crippen molar-refractivity contribution in [1.82, 2.24) is 5.32 Å². The van der Waals surface area contributed by atoms with Crippen molar-refractivity contribution in [2.75, 3.05) is 18.5 Å². The predicted octanol–water partition coefficient (Wildman–Crippen LogP) is 2.59. The van der Waals surface area contributed by atoms with Gasteiger partial charge >= 0.3 is 6.18 Å². The number of halogens is 4. The molecule has 1 heterocycles. The second-order valence-electron chi connectivity index (χ2n) is 4.96. The monoisotopic (exact) mass is 350 g/mol. The third-order valence-corrected chi connectivity index (χ3v) is 3.44. The Labute approximate surface area is 135 Å². The summed E-state index contributed by atoms with van der Waals surface area (Å²) in [6.45, 7) is 0.0304. The van der Waals surface area contributed by atoms with Crippen molar-refractivity contribution in [2.24, 2.45) is 0 Å².